The molecule has 2 aromatic carbocycles. The molecule has 4 aromatic rings. The first-order chi connectivity index (χ1) is 13.4. The first kappa shape index (κ1) is 17.7. The minimum absolute atomic E-state index is 0.139. The Morgan fingerprint density at radius 3 is 2.18 bits per heavy atom. The number of nitrogen functional groups attached to an aromatic ring is 1. The Morgan fingerprint density at radius 2 is 1.54 bits per heavy atom. The van der Waals surface area contributed by atoms with Crippen LogP contribution in [0.1, 0.15) is 5.56 Å². The van der Waals surface area contributed by atoms with Crippen LogP contribution < -0.4 is 15.8 Å². The quantitative estimate of drug-likeness (QED) is 0.455. The molecule has 0 spiro atoms. The van der Waals surface area contributed by atoms with Crippen molar-refractivity contribution in [3.8, 4) is 11.5 Å². The first-order valence-corrected chi connectivity index (χ1v) is 8.21. The zero-order valence-electron chi connectivity index (χ0n) is 14.3. The van der Waals surface area contributed by atoms with E-state index < -0.39 is 11.7 Å². The fourth-order valence-electron chi connectivity index (χ4n) is 2.64. The van der Waals surface area contributed by atoms with E-state index in [4.69, 9.17) is 10.5 Å². The molecule has 4 N–H and O–H groups in total. The Kier molecular flexibility index (Phi) is 4.26. The summed E-state index contributed by atoms with van der Waals surface area (Å²) in [7, 11) is 0. The van der Waals surface area contributed by atoms with Crippen LogP contribution >= 0.6 is 0 Å². The molecule has 0 radical (unpaired) electrons. The van der Waals surface area contributed by atoms with Gasteiger partial charge in [0.15, 0.2) is 0 Å². The predicted octanol–water partition coefficient (Wildman–Crippen LogP) is 5.09. The third-order valence-corrected chi connectivity index (χ3v) is 3.97. The van der Waals surface area contributed by atoms with Gasteiger partial charge in [0.2, 0.25) is 5.95 Å². The second kappa shape index (κ2) is 6.76. The summed E-state index contributed by atoms with van der Waals surface area (Å²) >= 11 is 0. The minimum Gasteiger partial charge on any atom is -0.457 e. The number of alkyl halides is 3. The summed E-state index contributed by atoms with van der Waals surface area (Å²) in [4.78, 5) is 11.3. The number of fused-ring (bicyclic) bond motifs is 1. The van der Waals surface area contributed by atoms with Crippen molar-refractivity contribution in [2.45, 2.75) is 6.18 Å². The molecule has 0 saturated carbocycles. The number of nitrogens with zero attached hydrogens (tertiary/aromatic N) is 2. The summed E-state index contributed by atoms with van der Waals surface area (Å²) < 4.78 is 43.4. The number of hydrogen-bond donors (Lipinski definition) is 3. The highest BCUT2D eigenvalue weighted by molar-refractivity contribution is 5.89. The lowest BCUT2D eigenvalue weighted by Gasteiger charge is -2.10. The zero-order valence-corrected chi connectivity index (χ0v) is 14.3. The van der Waals surface area contributed by atoms with E-state index in [2.05, 4.69) is 20.3 Å². The van der Waals surface area contributed by atoms with E-state index >= 15 is 0 Å². The van der Waals surface area contributed by atoms with Gasteiger partial charge in [0.25, 0.3) is 0 Å². The Morgan fingerprint density at radius 1 is 0.893 bits per heavy atom. The van der Waals surface area contributed by atoms with Crippen LogP contribution in [0, 0.1) is 0 Å². The first-order valence-electron chi connectivity index (χ1n) is 8.21. The SMILES string of the molecule is Nc1nc(Nc2ccc(Oc3ccc(C(F)(F)F)cc3)cc2)c2cc[nH]c2n1. The van der Waals surface area contributed by atoms with Gasteiger partial charge in [-0.25, -0.2) is 0 Å². The standard InChI is InChI=1S/C19H14F3N5O/c20-19(21,22)11-1-5-13(6-2-11)28-14-7-3-12(4-8-14)25-17-15-9-10-24-16(15)26-18(23)27-17/h1-10H,(H4,23,24,25,26,27). The Labute approximate surface area is 157 Å². The average molecular weight is 385 g/mol. The minimum atomic E-state index is -4.37. The lowest BCUT2D eigenvalue weighted by atomic mass is 10.2. The van der Waals surface area contributed by atoms with Crippen LogP contribution in [0.3, 0.4) is 0 Å². The van der Waals surface area contributed by atoms with Crippen molar-refractivity contribution < 1.29 is 17.9 Å². The molecule has 0 unspecified atom stereocenters. The van der Waals surface area contributed by atoms with Crippen LogP contribution in [0.5, 0.6) is 11.5 Å². The summed E-state index contributed by atoms with van der Waals surface area (Å²) in [5, 5.41) is 3.95. The Bertz CT molecular complexity index is 1110. The summed E-state index contributed by atoms with van der Waals surface area (Å²) in [6, 6.07) is 13.3. The zero-order chi connectivity index (χ0) is 19.7. The van der Waals surface area contributed by atoms with E-state index in [1.165, 1.54) is 12.1 Å². The van der Waals surface area contributed by atoms with Crippen molar-refractivity contribution in [1.29, 1.82) is 0 Å². The van der Waals surface area contributed by atoms with Gasteiger partial charge in [-0.05, 0) is 54.6 Å². The molecule has 0 aliphatic carbocycles. The molecule has 2 heterocycles. The van der Waals surface area contributed by atoms with Crippen molar-refractivity contribution in [3.63, 3.8) is 0 Å². The maximum atomic E-state index is 12.6. The smallest absolute Gasteiger partial charge is 0.416 e. The van der Waals surface area contributed by atoms with E-state index in [0.717, 1.165) is 23.2 Å². The lowest BCUT2D eigenvalue weighted by Crippen LogP contribution is -2.04. The molecule has 0 saturated heterocycles. The summed E-state index contributed by atoms with van der Waals surface area (Å²) in [5.74, 6) is 1.49. The van der Waals surface area contributed by atoms with Crippen molar-refractivity contribution in [1.82, 2.24) is 15.0 Å². The van der Waals surface area contributed by atoms with Crippen molar-refractivity contribution >= 4 is 28.5 Å². The maximum absolute atomic E-state index is 12.6. The fraction of sp³-hybridized carbons (Fsp3) is 0.0526. The molecule has 0 aliphatic rings. The van der Waals surface area contributed by atoms with Gasteiger partial charge in [-0.15, -0.1) is 0 Å². The number of nitrogens with one attached hydrogen (secondary N) is 2. The topological polar surface area (TPSA) is 88.9 Å². The molecule has 0 aliphatic heterocycles. The molecular weight excluding hydrogens is 371 g/mol. The van der Waals surface area contributed by atoms with E-state index in [1.807, 2.05) is 6.07 Å². The van der Waals surface area contributed by atoms with Crippen LogP contribution in [-0.2, 0) is 6.18 Å². The highest BCUT2D eigenvalue weighted by Crippen LogP contribution is 2.32. The number of hydrogen-bond acceptors (Lipinski definition) is 5. The van der Waals surface area contributed by atoms with Gasteiger partial charge >= 0.3 is 6.18 Å². The number of benzene rings is 2. The highest BCUT2D eigenvalue weighted by Gasteiger charge is 2.30. The molecule has 142 valence electrons. The fourth-order valence-corrected chi connectivity index (χ4v) is 2.64. The van der Waals surface area contributed by atoms with Gasteiger partial charge in [-0.1, -0.05) is 0 Å². The van der Waals surface area contributed by atoms with E-state index in [-0.39, 0.29) is 5.95 Å². The summed E-state index contributed by atoms with van der Waals surface area (Å²) in [6.45, 7) is 0. The number of halogens is 3. The Hall–Kier alpha value is -3.75. The number of nitrogens with two attached hydrogens (primary N) is 1. The molecule has 6 nitrogen and oxygen atoms in total. The molecule has 28 heavy (non-hydrogen) atoms. The molecular formula is C19H14F3N5O. The van der Waals surface area contributed by atoms with Crippen LogP contribution in [0.4, 0.5) is 30.6 Å². The molecule has 0 atom stereocenters. The third kappa shape index (κ3) is 3.68. The van der Waals surface area contributed by atoms with Crippen LogP contribution in [0.15, 0.2) is 60.8 Å². The number of ether oxygens (including phenoxy) is 1. The second-order valence-electron chi connectivity index (χ2n) is 5.94. The number of anilines is 3. The van der Waals surface area contributed by atoms with Crippen molar-refractivity contribution in [3.05, 3.63) is 66.4 Å². The number of aromatic nitrogens is 3. The van der Waals surface area contributed by atoms with Gasteiger partial charge in [-0.3, -0.25) is 0 Å². The van der Waals surface area contributed by atoms with Gasteiger partial charge in [0, 0.05) is 11.9 Å². The number of H-pyrrole nitrogens is 1. The van der Waals surface area contributed by atoms with Crippen molar-refractivity contribution in [2.75, 3.05) is 11.1 Å². The summed E-state index contributed by atoms with van der Waals surface area (Å²) in [6.07, 6.45) is -2.63. The Balaban J connectivity index is 1.49. The van der Waals surface area contributed by atoms with Crippen molar-refractivity contribution in [2.24, 2.45) is 0 Å². The van der Waals surface area contributed by atoms with Crippen LogP contribution in [0.25, 0.3) is 11.0 Å². The molecule has 0 fully saturated rings. The molecule has 2 aromatic heterocycles. The number of rotatable bonds is 4. The average Bonchev–Trinajstić information content (AvgIpc) is 3.11. The largest absolute Gasteiger partial charge is 0.457 e. The molecule has 0 bridgehead atoms. The molecule has 0 amide bonds. The lowest BCUT2D eigenvalue weighted by molar-refractivity contribution is -0.137. The van der Waals surface area contributed by atoms with E-state index in [1.54, 1.807) is 30.5 Å². The van der Waals surface area contributed by atoms with Gasteiger partial charge < -0.3 is 20.8 Å². The van der Waals surface area contributed by atoms with Gasteiger partial charge in [-0.2, -0.15) is 23.1 Å². The van der Waals surface area contributed by atoms with Crippen LogP contribution in [-0.4, -0.2) is 15.0 Å². The van der Waals surface area contributed by atoms with E-state index in [0.29, 0.717) is 23.0 Å². The number of aromatic amines is 1. The van der Waals surface area contributed by atoms with Crippen LogP contribution in [0.2, 0.25) is 0 Å². The van der Waals surface area contributed by atoms with E-state index in [9.17, 15) is 13.2 Å². The second-order valence-corrected chi connectivity index (χ2v) is 5.94. The molecule has 9 heteroatoms. The third-order valence-electron chi connectivity index (χ3n) is 3.97. The maximum Gasteiger partial charge on any atom is 0.416 e. The normalized spacial score (nSPS) is 11.5. The molecule has 4 rings (SSSR count). The predicted molar refractivity (Wildman–Crippen MR) is 99.5 cm³/mol. The van der Waals surface area contributed by atoms with Gasteiger partial charge in [0.05, 0.1) is 10.9 Å². The highest BCUT2D eigenvalue weighted by atomic mass is 19.4. The van der Waals surface area contributed by atoms with Gasteiger partial charge in [0.1, 0.15) is 23.0 Å². The summed E-state index contributed by atoms with van der Waals surface area (Å²) in [5.41, 5.74) is 6.35. The monoisotopic (exact) mass is 385 g/mol.